The van der Waals surface area contributed by atoms with Crippen LogP contribution in [0.25, 0.3) is 0 Å². The molecule has 0 bridgehead atoms. The zero-order valence-electron chi connectivity index (χ0n) is 22.5. The van der Waals surface area contributed by atoms with Crippen molar-refractivity contribution in [1.29, 1.82) is 0 Å². The van der Waals surface area contributed by atoms with Crippen molar-refractivity contribution in [1.82, 2.24) is 9.80 Å². The molecule has 2 heterocycles. The number of amides is 1. The fourth-order valence-corrected chi connectivity index (χ4v) is 4.93. The molecule has 2 aliphatic heterocycles. The summed E-state index contributed by atoms with van der Waals surface area (Å²) in [7, 11) is 1.65. The Morgan fingerprint density at radius 1 is 0.925 bits per heavy atom. The van der Waals surface area contributed by atoms with Gasteiger partial charge in [0.1, 0.15) is 5.75 Å². The molecule has 2 aliphatic rings. The number of rotatable bonds is 5. The van der Waals surface area contributed by atoms with Crippen molar-refractivity contribution in [2.75, 3.05) is 46.4 Å². The number of aliphatic carboxylic acids is 1. The van der Waals surface area contributed by atoms with Crippen molar-refractivity contribution in [3.05, 3.63) is 65.2 Å². The lowest BCUT2D eigenvalue weighted by Gasteiger charge is -2.38. The van der Waals surface area contributed by atoms with Gasteiger partial charge in [0.15, 0.2) is 0 Å². The van der Waals surface area contributed by atoms with E-state index in [9.17, 15) is 23.1 Å². The van der Waals surface area contributed by atoms with Crippen molar-refractivity contribution in [2.24, 2.45) is 11.8 Å². The van der Waals surface area contributed by atoms with E-state index < -0.39 is 12.1 Å². The first-order valence-electron chi connectivity index (χ1n) is 13.3. The molecular weight excluding hydrogens is 525 g/mol. The summed E-state index contributed by atoms with van der Waals surface area (Å²) in [6, 6.07) is 15.3. The molecule has 2 fully saturated rings. The third kappa shape index (κ3) is 9.57. The van der Waals surface area contributed by atoms with Crippen LogP contribution in [-0.4, -0.2) is 84.5 Å². The SMILES string of the molecule is COc1ccc(C#Cc2ccc(C(=O)N3CCCC(CN4CCCC(CO)C4)C3)cc2)cc1.O=C(O)C(F)(F)F. The normalized spacial score (nSPS) is 19.5. The van der Waals surface area contributed by atoms with Gasteiger partial charge in [-0.2, -0.15) is 13.2 Å². The van der Waals surface area contributed by atoms with Gasteiger partial charge < -0.3 is 24.7 Å². The van der Waals surface area contributed by atoms with Crippen LogP contribution in [-0.2, 0) is 4.79 Å². The summed E-state index contributed by atoms with van der Waals surface area (Å²) in [4.78, 5) is 26.5. The van der Waals surface area contributed by atoms with E-state index in [1.807, 2.05) is 53.4 Å². The van der Waals surface area contributed by atoms with E-state index in [-0.39, 0.29) is 12.5 Å². The van der Waals surface area contributed by atoms with Gasteiger partial charge in [0.2, 0.25) is 0 Å². The predicted molar refractivity (Wildman–Crippen MR) is 144 cm³/mol. The Morgan fingerprint density at radius 3 is 2.02 bits per heavy atom. The van der Waals surface area contributed by atoms with E-state index in [0.29, 0.717) is 11.8 Å². The highest BCUT2D eigenvalue weighted by molar-refractivity contribution is 5.94. The van der Waals surface area contributed by atoms with Crippen molar-refractivity contribution in [3.8, 4) is 17.6 Å². The lowest BCUT2D eigenvalue weighted by molar-refractivity contribution is -0.192. The fraction of sp³-hybridized carbons (Fsp3) is 0.467. The number of halogens is 3. The number of carbonyl (C=O) groups is 2. The summed E-state index contributed by atoms with van der Waals surface area (Å²) in [5.41, 5.74) is 2.54. The standard InChI is InChI=1S/C28H34N2O3.C2HF3O2/c1-33-27-14-10-23(11-15-27)7-6-22-8-12-26(13-9-22)28(32)30-17-3-4-24(20-30)18-29-16-2-5-25(19-29)21-31;3-2(4,5)1(6)7/h8-15,24-25,31H,2-5,16-21H2,1H3;(H,6,7). The highest BCUT2D eigenvalue weighted by Gasteiger charge is 2.38. The van der Waals surface area contributed by atoms with Gasteiger partial charge in [0.25, 0.3) is 5.91 Å². The van der Waals surface area contributed by atoms with Crippen LogP contribution in [0.5, 0.6) is 5.75 Å². The van der Waals surface area contributed by atoms with Crippen molar-refractivity contribution in [2.45, 2.75) is 31.9 Å². The van der Waals surface area contributed by atoms with Crippen LogP contribution in [0.15, 0.2) is 48.5 Å². The molecule has 7 nitrogen and oxygen atoms in total. The molecular formula is C30H35F3N2O5. The number of alkyl halides is 3. The topological polar surface area (TPSA) is 90.3 Å². The molecule has 40 heavy (non-hydrogen) atoms. The van der Waals surface area contributed by atoms with E-state index in [1.165, 1.54) is 6.42 Å². The number of carbonyl (C=O) groups excluding carboxylic acids is 1. The smallest absolute Gasteiger partial charge is 0.490 e. The van der Waals surface area contributed by atoms with Crippen LogP contribution in [0, 0.1) is 23.7 Å². The summed E-state index contributed by atoms with van der Waals surface area (Å²) in [5, 5.41) is 16.6. The molecule has 2 saturated heterocycles. The largest absolute Gasteiger partial charge is 0.497 e. The van der Waals surface area contributed by atoms with Crippen molar-refractivity contribution in [3.63, 3.8) is 0 Å². The second-order valence-corrected chi connectivity index (χ2v) is 10.1. The Balaban J connectivity index is 0.000000559. The van der Waals surface area contributed by atoms with Gasteiger partial charge >= 0.3 is 12.1 Å². The maximum Gasteiger partial charge on any atom is 0.490 e. The number of methoxy groups -OCH3 is 1. The first-order chi connectivity index (χ1) is 19.1. The molecule has 0 aliphatic carbocycles. The number of piperidine rings is 2. The number of aliphatic hydroxyl groups excluding tert-OH is 1. The summed E-state index contributed by atoms with van der Waals surface area (Å²) in [5.74, 6) is 5.41. The summed E-state index contributed by atoms with van der Waals surface area (Å²) in [6.07, 6.45) is -0.569. The van der Waals surface area contributed by atoms with Gasteiger partial charge in [-0.25, -0.2) is 4.79 Å². The van der Waals surface area contributed by atoms with Crippen LogP contribution < -0.4 is 4.74 Å². The van der Waals surface area contributed by atoms with Crippen molar-refractivity contribution >= 4 is 11.9 Å². The Kier molecular flexibility index (Phi) is 11.4. The molecule has 0 radical (unpaired) electrons. The molecule has 216 valence electrons. The quantitative estimate of drug-likeness (QED) is 0.531. The summed E-state index contributed by atoms with van der Waals surface area (Å²) in [6.45, 7) is 5.05. The molecule has 1 amide bonds. The Labute approximate surface area is 232 Å². The van der Waals surface area contributed by atoms with Gasteiger partial charge in [-0.15, -0.1) is 0 Å². The highest BCUT2D eigenvalue weighted by atomic mass is 19.4. The first-order valence-corrected chi connectivity index (χ1v) is 13.3. The lowest BCUT2D eigenvalue weighted by atomic mass is 9.93. The highest BCUT2D eigenvalue weighted by Crippen LogP contribution is 2.23. The van der Waals surface area contributed by atoms with Crippen LogP contribution in [0.2, 0.25) is 0 Å². The van der Waals surface area contributed by atoms with Gasteiger partial charge in [-0.1, -0.05) is 11.8 Å². The van der Waals surface area contributed by atoms with E-state index in [4.69, 9.17) is 14.6 Å². The van der Waals surface area contributed by atoms with Crippen LogP contribution in [0.3, 0.4) is 0 Å². The fourth-order valence-electron chi connectivity index (χ4n) is 4.93. The third-order valence-corrected chi connectivity index (χ3v) is 7.00. The minimum Gasteiger partial charge on any atom is -0.497 e. The maximum atomic E-state index is 13.1. The van der Waals surface area contributed by atoms with E-state index in [0.717, 1.165) is 74.4 Å². The van der Waals surface area contributed by atoms with Crippen molar-refractivity contribution < 1.29 is 37.7 Å². The number of hydrogen-bond acceptors (Lipinski definition) is 5. The molecule has 2 unspecified atom stereocenters. The van der Waals surface area contributed by atoms with E-state index in [1.54, 1.807) is 7.11 Å². The average molecular weight is 561 g/mol. The van der Waals surface area contributed by atoms with E-state index >= 15 is 0 Å². The number of ether oxygens (including phenoxy) is 1. The Hall–Kier alpha value is -3.55. The molecule has 10 heteroatoms. The summed E-state index contributed by atoms with van der Waals surface area (Å²) >= 11 is 0. The zero-order chi connectivity index (χ0) is 29.1. The maximum absolute atomic E-state index is 13.1. The van der Waals surface area contributed by atoms with Crippen LogP contribution >= 0.6 is 0 Å². The van der Waals surface area contributed by atoms with Gasteiger partial charge in [-0.3, -0.25) is 4.79 Å². The molecule has 2 N–H and O–H groups in total. The Bertz CT molecular complexity index is 1170. The lowest BCUT2D eigenvalue weighted by Crippen LogP contribution is -2.46. The zero-order valence-corrected chi connectivity index (χ0v) is 22.5. The van der Waals surface area contributed by atoms with Crippen LogP contribution in [0.4, 0.5) is 13.2 Å². The first kappa shape index (κ1) is 31.0. The number of carboxylic acids is 1. The molecule has 0 aromatic heterocycles. The minimum absolute atomic E-state index is 0.112. The average Bonchev–Trinajstić information content (AvgIpc) is 2.96. The summed E-state index contributed by atoms with van der Waals surface area (Å²) < 4.78 is 36.9. The van der Waals surface area contributed by atoms with Crippen LogP contribution in [0.1, 0.15) is 47.2 Å². The number of aliphatic hydroxyl groups is 1. The molecule has 2 atom stereocenters. The molecule has 0 spiro atoms. The molecule has 0 saturated carbocycles. The second-order valence-electron chi connectivity index (χ2n) is 10.1. The molecule has 4 rings (SSSR count). The van der Waals surface area contributed by atoms with Gasteiger partial charge in [0, 0.05) is 49.5 Å². The molecule has 2 aromatic carbocycles. The number of carboxylic acid groups (broad SMARTS) is 1. The van der Waals surface area contributed by atoms with E-state index in [2.05, 4.69) is 16.7 Å². The molecule has 2 aromatic rings. The minimum atomic E-state index is -5.08. The number of benzene rings is 2. The number of hydrogen-bond donors (Lipinski definition) is 2. The number of nitrogens with zero attached hydrogens (tertiary/aromatic N) is 2. The monoisotopic (exact) mass is 560 g/mol. The van der Waals surface area contributed by atoms with Gasteiger partial charge in [0.05, 0.1) is 7.11 Å². The number of likely N-dealkylation sites (tertiary alicyclic amines) is 2. The second kappa shape index (κ2) is 14.7. The predicted octanol–water partition coefficient (Wildman–Crippen LogP) is 4.28. The Morgan fingerprint density at radius 2 is 1.48 bits per heavy atom. The van der Waals surface area contributed by atoms with Gasteiger partial charge in [-0.05, 0) is 92.6 Å². The third-order valence-electron chi connectivity index (χ3n) is 7.00.